The molecule has 0 aliphatic carbocycles. The molecule has 0 aliphatic rings. The van der Waals surface area contributed by atoms with E-state index in [1.165, 1.54) is 0 Å². The van der Waals surface area contributed by atoms with Crippen LogP contribution in [0.2, 0.25) is 0 Å². The van der Waals surface area contributed by atoms with Gasteiger partial charge in [-0.1, -0.05) is 0 Å². The highest BCUT2D eigenvalue weighted by molar-refractivity contribution is 5.49. The molecule has 0 saturated carbocycles. The Labute approximate surface area is 76.5 Å². The number of nitrogens with zero attached hydrogens (tertiary/aromatic N) is 2. The van der Waals surface area contributed by atoms with Crippen LogP contribution in [-0.2, 0) is 0 Å². The van der Waals surface area contributed by atoms with Gasteiger partial charge >= 0.3 is 12.4 Å². The molecule has 0 fully saturated rings. The van der Waals surface area contributed by atoms with Gasteiger partial charge in [-0.2, -0.15) is 8.78 Å². The monoisotopic (exact) mass is 205 g/mol. The first-order valence-corrected chi connectivity index (χ1v) is 3.35. The molecule has 0 aliphatic heterocycles. The van der Waals surface area contributed by atoms with Gasteiger partial charge < -0.3 is 20.6 Å². The smallest absolute Gasteiger partial charge is 0.406 e. The standard InChI is InChI=1S/C6H5F2N3O3/c7-6(8)14-4-1-3(9)2-10-5(4)11(12)13/h1-2,6H,9H2. The Bertz CT molecular complexity index is 358. The van der Waals surface area contributed by atoms with Crippen LogP contribution in [0.1, 0.15) is 0 Å². The predicted molar refractivity (Wildman–Crippen MR) is 41.9 cm³/mol. The molecule has 1 aromatic rings. The van der Waals surface area contributed by atoms with Gasteiger partial charge in [0.15, 0.2) is 6.20 Å². The van der Waals surface area contributed by atoms with Crippen molar-refractivity contribution >= 4 is 11.5 Å². The van der Waals surface area contributed by atoms with Crippen molar-refractivity contribution in [2.75, 3.05) is 5.73 Å². The quantitative estimate of drug-likeness (QED) is 0.590. The molecule has 1 heterocycles. The Morgan fingerprint density at radius 1 is 1.64 bits per heavy atom. The van der Waals surface area contributed by atoms with Crippen molar-refractivity contribution in [1.82, 2.24) is 4.98 Å². The first-order chi connectivity index (χ1) is 6.50. The average Bonchev–Trinajstić information content (AvgIpc) is 2.01. The van der Waals surface area contributed by atoms with Gasteiger partial charge in [0.1, 0.15) is 0 Å². The van der Waals surface area contributed by atoms with Crippen molar-refractivity contribution in [3.63, 3.8) is 0 Å². The number of nitro groups is 1. The van der Waals surface area contributed by atoms with Crippen molar-refractivity contribution < 1.29 is 18.4 Å². The molecule has 0 saturated heterocycles. The zero-order valence-corrected chi connectivity index (χ0v) is 6.68. The SMILES string of the molecule is Nc1cnc([N+](=O)[O-])c(OC(F)F)c1. The van der Waals surface area contributed by atoms with Crippen LogP contribution >= 0.6 is 0 Å². The number of aromatic nitrogens is 1. The third-order valence-corrected chi connectivity index (χ3v) is 1.24. The molecule has 2 N–H and O–H groups in total. The van der Waals surface area contributed by atoms with Gasteiger partial charge in [0.25, 0.3) is 0 Å². The number of nitrogen functional groups attached to an aromatic ring is 1. The summed E-state index contributed by atoms with van der Waals surface area (Å²) >= 11 is 0. The Hall–Kier alpha value is -1.99. The van der Waals surface area contributed by atoms with Crippen molar-refractivity contribution in [1.29, 1.82) is 0 Å². The summed E-state index contributed by atoms with van der Waals surface area (Å²) in [6.07, 6.45) is 0.983. The van der Waals surface area contributed by atoms with Gasteiger partial charge in [-0.25, -0.2) is 0 Å². The number of pyridine rings is 1. The molecule has 0 atom stereocenters. The second-order valence-electron chi connectivity index (χ2n) is 2.23. The fraction of sp³-hybridized carbons (Fsp3) is 0.167. The van der Waals surface area contributed by atoms with E-state index in [2.05, 4.69) is 9.72 Å². The van der Waals surface area contributed by atoms with Crippen molar-refractivity contribution in [2.45, 2.75) is 6.61 Å². The van der Waals surface area contributed by atoms with Gasteiger partial charge in [-0.05, 0) is 9.91 Å². The number of halogens is 2. The Morgan fingerprint density at radius 2 is 2.29 bits per heavy atom. The van der Waals surface area contributed by atoms with Crippen LogP contribution in [-0.4, -0.2) is 16.5 Å². The summed E-state index contributed by atoms with van der Waals surface area (Å²) in [5.41, 5.74) is 5.20. The summed E-state index contributed by atoms with van der Waals surface area (Å²) in [4.78, 5) is 12.6. The number of rotatable bonds is 3. The molecule has 0 aromatic carbocycles. The second kappa shape index (κ2) is 3.81. The van der Waals surface area contributed by atoms with Gasteiger partial charge in [0, 0.05) is 6.07 Å². The normalized spacial score (nSPS) is 10.2. The van der Waals surface area contributed by atoms with Crippen LogP contribution in [0.25, 0.3) is 0 Å². The number of ether oxygens (including phenoxy) is 1. The number of anilines is 1. The predicted octanol–water partition coefficient (Wildman–Crippen LogP) is 1.17. The number of hydrogen-bond acceptors (Lipinski definition) is 5. The van der Waals surface area contributed by atoms with E-state index in [-0.39, 0.29) is 5.69 Å². The maximum atomic E-state index is 11.8. The summed E-state index contributed by atoms with van der Waals surface area (Å²) in [7, 11) is 0. The van der Waals surface area contributed by atoms with Gasteiger partial charge in [-0.15, -0.1) is 0 Å². The second-order valence-corrected chi connectivity index (χ2v) is 2.23. The molecule has 1 aromatic heterocycles. The van der Waals surface area contributed by atoms with Gasteiger partial charge in [-0.3, -0.25) is 0 Å². The number of alkyl halides is 2. The highest BCUT2D eigenvalue weighted by Crippen LogP contribution is 2.27. The summed E-state index contributed by atoms with van der Waals surface area (Å²) in [6, 6.07) is 0.914. The Kier molecular flexibility index (Phi) is 2.75. The largest absolute Gasteiger partial charge is 0.426 e. The van der Waals surface area contributed by atoms with Crippen LogP contribution < -0.4 is 10.5 Å². The van der Waals surface area contributed by atoms with Crippen LogP contribution in [0, 0.1) is 10.1 Å². The van der Waals surface area contributed by atoms with Crippen molar-refractivity contribution in [3.05, 3.63) is 22.4 Å². The zero-order valence-electron chi connectivity index (χ0n) is 6.68. The van der Waals surface area contributed by atoms with E-state index < -0.39 is 23.1 Å². The minimum Gasteiger partial charge on any atom is -0.426 e. The minimum atomic E-state index is -3.16. The molecule has 8 heteroatoms. The molecule has 0 spiro atoms. The van der Waals surface area contributed by atoms with Gasteiger partial charge in [0.2, 0.25) is 5.75 Å². The lowest BCUT2D eigenvalue weighted by molar-refractivity contribution is -0.391. The average molecular weight is 205 g/mol. The topological polar surface area (TPSA) is 91.3 Å². The first kappa shape index (κ1) is 10.1. The summed E-state index contributed by atoms with van der Waals surface area (Å²) in [6.45, 7) is -3.16. The molecular weight excluding hydrogens is 200 g/mol. The zero-order chi connectivity index (χ0) is 10.7. The van der Waals surface area contributed by atoms with E-state index in [4.69, 9.17) is 5.73 Å². The van der Waals surface area contributed by atoms with E-state index in [0.717, 1.165) is 12.3 Å². The van der Waals surface area contributed by atoms with E-state index in [9.17, 15) is 18.9 Å². The van der Waals surface area contributed by atoms with Gasteiger partial charge in [0.05, 0.1) is 5.69 Å². The fourth-order valence-corrected chi connectivity index (χ4v) is 0.772. The van der Waals surface area contributed by atoms with Crippen molar-refractivity contribution in [2.24, 2.45) is 0 Å². The lowest BCUT2D eigenvalue weighted by atomic mass is 10.4. The Morgan fingerprint density at radius 3 is 2.79 bits per heavy atom. The molecule has 0 bridgehead atoms. The van der Waals surface area contributed by atoms with Crippen LogP contribution in [0.15, 0.2) is 12.3 Å². The lowest BCUT2D eigenvalue weighted by Crippen LogP contribution is -2.06. The summed E-state index contributed by atoms with van der Waals surface area (Å²) in [5, 5.41) is 10.3. The molecule has 0 unspecified atom stereocenters. The molecule has 14 heavy (non-hydrogen) atoms. The highest BCUT2D eigenvalue weighted by Gasteiger charge is 2.20. The third-order valence-electron chi connectivity index (χ3n) is 1.24. The summed E-state index contributed by atoms with van der Waals surface area (Å²) < 4.78 is 27.4. The number of nitrogens with two attached hydrogens (primary N) is 1. The first-order valence-electron chi connectivity index (χ1n) is 3.35. The molecule has 0 radical (unpaired) electrons. The molecular formula is C6H5F2N3O3. The number of hydrogen-bond donors (Lipinski definition) is 1. The van der Waals surface area contributed by atoms with E-state index in [1.54, 1.807) is 0 Å². The third kappa shape index (κ3) is 2.25. The van der Waals surface area contributed by atoms with E-state index in [0.29, 0.717) is 0 Å². The van der Waals surface area contributed by atoms with Crippen LogP contribution in [0.3, 0.4) is 0 Å². The maximum absolute atomic E-state index is 11.8. The van der Waals surface area contributed by atoms with Crippen molar-refractivity contribution in [3.8, 4) is 5.75 Å². The molecule has 76 valence electrons. The summed E-state index contributed by atoms with van der Waals surface area (Å²) in [5.74, 6) is -1.44. The highest BCUT2D eigenvalue weighted by atomic mass is 19.3. The molecule has 0 amide bonds. The minimum absolute atomic E-state index is 0.00579. The maximum Gasteiger partial charge on any atom is 0.406 e. The van der Waals surface area contributed by atoms with E-state index >= 15 is 0 Å². The fourth-order valence-electron chi connectivity index (χ4n) is 0.772. The van der Waals surface area contributed by atoms with Crippen LogP contribution in [0.4, 0.5) is 20.3 Å². The van der Waals surface area contributed by atoms with Crippen LogP contribution in [0.5, 0.6) is 5.75 Å². The molecule has 1 rings (SSSR count). The molecule has 6 nitrogen and oxygen atoms in total. The lowest BCUT2D eigenvalue weighted by Gasteiger charge is -2.04. The van der Waals surface area contributed by atoms with E-state index in [1.807, 2.05) is 0 Å². The Balaban J connectivity index is 3.09.